The summed E-state index contributed by atoms with van der Waals surface area (Å²) in [4.78, 5) is 11.1. The van der Waals surface area contributed by atoms with Gasteiger partial charge < -0.3 is 28.4 Å². The molecule has 0 spiro atoms. The van der Waals surface area contributed by atoms with E-state index in [0.29, 0.717) is 65.0 Å². The van der Waals surface area contributed by atoms with Crippen LogP contribution in [0.3, 0.4) is 0 Å². The third-order valence-corrected chi connectivity index (χ3v) is 3.13. The van der Waals surface area contributed by atoms with Gasteiger partial charge in [0.25, 0.3) is 0 Å². The SMILES string of the molecule is C=C(C)C(=O)OCCOCCOCCOCCOCCOC(C)CC. The standard InChI is InChI=1S/C18H34O7/c1-5-17(4)24-14-12-22-10-8-20-6-7-21-9-11-23-13-15-25-18(19)16(2)3/h17H,2,5-15H2,1,3-4H3. The molecule has 25 heavy (non-hydrogen) atoms. The first-order chi connectivity index (χ1) is 12.1. The highest BCUT2D eigenvalue weighted by Crippen LogP contribution is 1.95. The molecule has 0 aliphatic rings. The fourth-order valence-electron chi connectivity index (χ4n) is 1.50. The van der Waals surface area contributed by atoms with Gasteiger partial charge in [0.1, 0.15) is 6.61 Å². The van der Waals surface area contributed by atoms with E-state index in [2.05, 4.69) is 13.5 Å². The maximum atomic E-state index is 11.1. The average Bonchev–Trinajstić information content (AvgIpc) is 2.60. The highest BCUT2D eigenvalue weighted by Gasteiger charge is 2.01. The van der Waals surface area contributed by atoms with Crippen LogP contribution in [0.5, 0.6) is 0 Å². The van der Waals surface area contributed by atoms with Crippen LogP contribution in [0.15, 0.2) is 12.2 Å². The van der Waals surface area contributed by atoms with Crippen LogP contribution in [0.25, 0.3) is 0 Å². The second-order valence-corrected chi connectivity index (χ2v) is 5.46. The van der Waals surface area contributed by atoms with Gasteiger partial charge in [-0.2, -0.15) is 0 Å². The Kier molecular flexibility index (Phi) is 17.1. The molecule has 0 heterocycles. The second-order valence-electron chi connectivity index (χ2n) is 5.46. The van der Waals surface area contributed by atoms with E-state index in [1.807, 2.05) is 6.92 Å². The normalized spacial score (nSPS) is 12.1. The zero-order valence-corrected chi connectivity index (χ0v) is 15.9. The molecule has 0 aliphatic heterocycles. The van der Waals surface area contributed by atoms with Gasteiger partial charge >= 0.3 is 5.97 Å². The van der Waals surface area contributed by atoms with Crippen molar-refractivity contribution in [2.24, 2.45) is 0 Å². The Labute approximate surface area is 151 Å². The summed E-state index contributed by atoms with van der Waals surface area (Å²) in [7, 11) is 0. The molecule has 0 rings (SSSR count). The molecule has 0 aromatic heterocycles. The van der Waals surface area contributed by atoms with Gasteiger partial charge in [-0.15, -0.1) is 0 Å². The number of hydrogen-bond donors (Lipinski definition) is 0. The molecule has 7 heteroatoms. The van der Waals surface area contributed by atoms with Crippen LogP contribution in [-0.2, 0) is 33.2 Å². The van der Waals surface area contributed by atoms with E-state index in [1.54, 1.807) is 6.92 Å². The highest BCUT2D eigenvalue weighted by molar-refractivity contribution is 5.86. The smallest absolute Gasteiger partial charge is 0.333 e. The van der Waals surface area contributed by atoms with Crippen LogP contribution in [0, 0.1) is 0 Å². The molecular formula is C18H34O7. The van der Waals surface area contributed by atoms with Crippen molar-refractivity contribution in [1.82, 2.24) is 0 Å². The summed E-state index contributed by atoms with van der Waals surface area (Å²) in [6.07, 6.45) is 1.30. The molecule has 0 aromatic carbocycles. The molecule has 0 aliphatic carbocycles. The maximum Gasteiger partial charge on any atom is 0.333 e. The fourth-order valence-corrected chi connectivity index (χ4v) is 1.50. The van der Waals surface area contributed by atoms with E-state index < -0.39 is 5.97 Å². The lowest BCUT2D eigenvalue weighted by Gasteiger charge is -2.10. The minimum atomic E-state index is -0.399. The van der Waals surface area contributed by atoms with Crippen molar-refractivity contribution in [2.75, 3.05) is 66.1 Å². The molecule has 0 amide bonds. The molecular weight excluding hydrogens is 328 g/mol. The molecule has 0 saturated heterocycles. The first kappa shape index (κ1) is 24.0. The second kappa shape index (κ2) is 17.8. The summed E-state index contributed by atoms with van der Waals surface area (Å²) in [5.74, 6) is -0.399. The van der Waals surface area contributed by atoms with Crippen molar-refractivity contribution in [3.8, 4) is 0 Å². The summed E-state index contributed by atoms with van der Waals surface area (Å²) in [5.41, 5.74) is 0.383. The summed E-state index contributed by atoms with van der Waals surface area (Å²) in [6.45, 7) is 14.0. The molecule has 0 aromatic rings. The zero-order valence-electron chi connectivity index (χ0n) is 15.9. The molecule has 1 unspecified atom stereocenters. The first-order valence-corrected chi connectivity index (χ1v) is 8.83. The first-order valence-electron chi connectivity index (χ1n) is 8.83. The van der Waals surface area contributed by atoms with E-state index in [4.69, 9.17) is 28.4 Å². The van der Waals surface area contributed by atoms with Crippen LogP contribution in [0.2, 0.25) is 0 Å². The van der Waals surface area contributed by atoms with Gasteiger partial charge in [0.15, 0.2) is 0 Å². The highest BCUT2D eigenvalue weighted by atomic mass is 16.6. The Morgan fingerprint density at radius 2 is 1.20 bits per heavy atom. The van der Waals surface area contributed by atoms with Crippen molar-refractivity contribution in [1.29, 1.82) is 0 Å². The Hall–Kier alpha value is -0.990. The van der Waals surface area contributed by atoms with Gasteiger partial charge in [0, 0.05) is 5.57 Å². The summed E-state index contributed by atoms with van der Waals surface area (Å²) in [5, 5.41) is 0. The molecule has 7 nitrogen and oxygen atoms in total. The fraction of sp³-hybridized carbons (Fsp3) is 0.833. The van der Waals surface area contributed by atoms with Crippen molar-refractivity contribution in [3.05, 3.63) is 12.2 Å². The Balaban J connectivity index is 3.10. The van der Waals surface area contributed by atoms with Gasteiger partial charge in [-0.25, -0.2) is 4.79 Å². The van der Waals surface area contributed by atoms with Crippen molar-refractivity contribution in [3.63, 3.8) is 0 Å². The summed E-state index contributed by atoms with van der Waals surface area (Å²) in [6, 6.07) is 0. The Morgan fingerprint density at radius 1 is 0.800 bits per heavy atom. The van der Waals surface area contributed by atoms with Crippen molar-refractivity contribution < 1.29 is 33.2 Å². The molecule has 0 fully saturated rings. The monoisotopic (exact) mass is 362 g/mol. The molecule has 0 saturated carbocycles. The van der Waals surface area contributed by atoms with E-state index in [-0.39, 0.29) is 12.7 Å². The van der Waals surface area contributed by atoms with Crippen LogP contribution in [-0.4, -0.2) is 78.1 Å². The van der Waals surface area contributed by atoms with Gasteiger partial charge in [-0.3, -0.25) is 0 Å². The van der Waals surface area contributed by atoms with Crippen molar-refractivity contribution >= 4 is 5.97 Å². The predicted molar refractivity (Wildman–Crippen MR) is 94.8 cm³/mol. The lowest BCUT2D eigenvalue weighted by atomic mass is 10.3. The quantitative estimate of drug-likeness (QED) is 0.210. The van der Waals surface area contributed by atoms with Gasteiger partial charge in [-0.05, 0) is 20.3 Å². The van der Waals surface area contributed by atoms with E-state index in [1.165, 1.54) is 0 Å². The molecule has 1 atom stereocenters. The van der Waals surface area contributed by atoms with Crippen LogP contribution in [0.4, 0.5) is 0 Å². The van der Waals surface area contributed by atoms with Crippen LogP contribution >= 0.6 is 0 Å². The number of carbonyl (C=O) groups excluding carboxylic acids is 1. The summed E-state index contributed by atoms with van der Waals surface area (Å²) >= 11 is 0. The third kappa shape index (κ3) is 17.6. The topological polar surface area (TPSA) is 72.5 Å². The van der Waals surface area contributed by atoms with E-state index in [9.17, 15) is 4.79 Å². The Morgan fingerprint density at radius 3 is 1.60 bits per heavy atom. The lowest BCUT2D eigenvalue weighted by molar-refractivity contribution is -0.140. The van der Waals surface area contributed by atoms with Crippen molar-refractivity contribution in [2.45, 2.75) is 33.3 Å². The average molecular weight is 362 g/mol. The third-order valence-electron chi connectivity index (χ3n) is 3.13. The van der Waals surface area contributed by atoms with E-state index in [0.717, 1.165) is 6.42 Å². The molecule has 0 radical (unpaired) electrons. The van der Waals surface area contributed by atoms with Crippen LogP contribution < -0.4 is 0 Å². The number of rotatable bonds is 18. The van der Waals surface area contributed by atoms with Crippen LogP contribution in [0.1, 0.15) is 27.2 Å². The van der Waals surface area contributed by atoms with Gasteiger partial charge in [-0.1, -0.05) is 13.5 Å². The lowest BCUT2D eigenvalue weighted by Crippen LogP contribution is -2.15. The number of ether oxygens (including phenoxy) is 6. The molecule has 0 bridgehead atoms. The Bertz CT molecular complexity index is 333. The van der Waals surface area contributed by atoms with Gasteiger partial charge in [0.2, 0.25) is 0 Å². The minimum absolute atomic E-state index is 0.219. The largest absolute Gasteiger partial charge is 0.460 e. The number of esters is 1. The molecule has 148 valence electrons. The summed E-state index contributed by atoms with van der Waals surface area (Å²) < 4.78 is 31.8. The number of hydrogen-bond acceptors (Lipinski definition) is 7. The zero-order chi connectivity index (χ0) is 18.8. The number of carbonyl (C=O) groups is 1. The van der Waals surface area contributed by atoms with Gasteiger partial charge in [0.05, 0.1) is 65.6 Å². The minimum Gasteiger partial charge on any atom is -0.460 e. The van der Waals surface area contributed by atoms with E-state index >= 15 is 0 Å². The predicted octanol–water partition coefficient (Wildman–Crippen LogP) is 1.99. The molecule has 0 N–H and O–H groups in total. The maximum absolute atomic E-state index is 11.1.